The number of nitrogens with zero attached hydrogens (tertiary/aromatic N) is 1. The molecule has 5 nitrogen and oxygen atoms in total. The highest BCUT2D eigenvalue weighted by atomic mass is 16.5. The van der Waals surface area contributed by atoms with Crippen LogP contribution >= 0.6 is 0 Å². The molecule has 3 rings (SSSR count). The molecule has 2 amide bonds. The first-order chi connectivity index (χ1) is 11.6. The predicted octanol–water partition coefficient (Wildman–Crippen LogP) is 3.14. The minimum Gasteiger partial charge on any atom is -0.494 e. The molecule has 124 valence electrons. The minimum atomic E-state index is -0.545. The van der Waals surface area contributed by atoms with E-state index < -0.39 is 6.04 Å². The van der Waals surface area contributed by atoms with Crippen molar-refractivity contribution in [2.45, 2.75) is 26.3 Å². The number of carbonyl (C=O) groups excluding carboxylic acids is 2. The molecule has 0 radical (unpaired) electrons. The molecular weight excluding hydrogens is 304 g/mol. The number of imide groups is 1. The molecule has 2 aromatic rings. The zero-order valence-corrected chi connectivity index (χ0v) is 13.8. The monoisotopic (exact) mass is 324 g/mol. The minimum absolute atomic E-state index is 0.153. The molecule has 1 aliphatic rings. The summed E-state index contributed by atoms with van der Waals surface area (Å²) < 4.78 is 5.40. The van der Waals surface area contributed by atoms with Crippen molar-refractivity contribution < 1.29 is 14.3 Å². The standard InChI is InChI=1S/C19H20N2O3/c1-3-24-16-9-7-14(8-10-16)20-17-12-18(22)21(19(17)23)15-6-4-5-13(2)11-15/h4-11,17,20H,3,12H2,1-2H3/t17-/m0/s1. The third kappa shape index (κ3) is 3.25. The number of hydrogen-bond donors (Lipinski definition) is 1. The number of aryl methyl sites for hydroxylation is 1. The molecule has 5 heteroatoms. The summed E-state index contributed by atoms with van der Waals surface area (Å²) in [6, 6.07) is 14.2. The zero-order valence-electron chi connectivity index (χ0n) is 13.8. The third-order valence-electron chi connectivity index (χ3n) is 3.91. The van der Waals surface area contributed by atoms with Crippen LogP contribution in [0.1, 0.15) is 18.9 Å². The summed E-state index contributed by atoms with van der Waals surface area (Å²) in [5.74, 6) is 0.367. The summed E-state index contributed by atoms with van der Waals surface area (Å²) in [5.41, 5.74) is 2.42. The number of benzene rings is 2. The van der Waals surface area contributed by atoms with Crippen LogP contribution in [-0.4, -0.2) is 24.5 Å². The van der Waals surface area contributed by atoms with E-state index in [1.165, 1.54) is 4.90 Å². The second kappa shape index (κ2) is 6.74. The SMILES string of the molecule is CCOc1ccc(N[C@H]2CC(=O)N(c3cccc(C)c3)C2=O)cc1. The fourth-order valence-corrected chi connectivity index (χ4v) is 2.80. The third-order valence-corrected chi connectivity index (χ3v) is 3.91. The van der Waals surface area contributed by atoms with Crippen molar-refractivity contribution in [1.29, 1.82) is 0 Å². The topological polar surface area (TPSA) is 58.6 Å². The average Bonchev–Trinajstić information content (AvgIpc) is 2.83. The zero-order chi connectivity index (χ0) is 17.1. The summed E-state index contributed by atoms with van der Waals surface area (Å²) >= 11 is 0. The normalized spacial score (nSPS) is 17.2. The summed E-state index contributed by atoms with van der Waals surface area (Å²) in [4.78, 5) is 26.2. The Kier molecular flexibility index (Phi) is 4.51. The first-order valence-electron chi connectivity index (χ1n) is 8.01. The smallest absolute Gasteiger partial charge is 0.256 e. The van der Waals surface area contributed by atoms with Crippen LogP contribution in [0, 0.1) is 6.92 Å². The highest BCUT2D eigenvalue weighted by Crippen LogP contribution is 2.26. The van der Waals surface area contributed by atoms with Gasteiger partial charge in [0, 0.05) is 5.69 Å². The molecule has 1 aliphatic heterocycles. The van der Waals surface area contributed by atoms with E-state index >= 15 is 0 Å². The molecule has 0 spiro atoms. The molecular formula is C19H20N2O3. The van der Waals surface area contributed by atoms with E-state index in [0.717, 1.165) is 17.0 Å². The van der Waals surface area contributed by atoms with E-state index in [9.17, 15) is 9.59 Å². The van der Waals surface area contributed by atoms with E-state index in [1.54, 1.807) is 6.07 Å². The van der Waals surface area contributed by atoms with Gasteiger partial charge in [-0.2, -0.15) is 0 Å². The number of ether oxygens (including phenoxy) is 1. The Hall–Kier alpha value is -2.82. The summed E-state index contributed by atoms with van der Waals surface area (Å²) in [6.07, 6.45) is 0.153. The average molecular weight is 324 g/mol. The largest absolute Gasteiger partial charge is 0.494 e. The van der Waals surface area contributed by atoms with Crippen LogP contribution in [0.2, 0.25) is 0 Å². The molecule has 0 saturated carbocycles. The maximum atomic E-state index is 12.6. The molecule has 2 aromatic carbocycles. The van der Waals surface area contributed by atoms with Gasteiger partial charge < -0.3 is 10.1 Å². The highest BCUT2D eigenvalue weighted by molar-refractivity contribution is 6.23. The van der Waals surface area contributed by atoms with Gasteiger partial charge in [0.2, 0.25) is 5.91 Å². The number of amides is 2. The van der Waals surface area contributed by atoms with Gasteiger partial charge in [0.25, 0.3) is 5.91 Å². The van der Waals surface area contributed by atoms with Crippen molar-refractivity contribution in [3.63, 3.8) is 0 Å². The lowest BCUT2D eigenvalue weighted by molar-refractivity contribution is -0.121. The van der Waals surface area contributed by atoms with Gasteiger partial charge in [-0.15, -0.1) is 0 Å². The summed E-state index contributed by atoms with van der Waals surface area (Å²) in [7, 11) is 0. The van der Waals surface area contributed by atoms with Crippen molar-refractivity contribution in [1.82, 2.24) is 0 Å². The van der Waals surface area contributed by atoms with Crippen LogP contribution < -0.4 is 15.0 Å². The van der Waals surface area contributed by atoms with Crippen molar-refractivity contribution in [2.24, 2.45) is 0 Å². The van der Waals surface area contributed by atoms with Crippen LogP contribution in [0.5, 0.6) is 5.75 Å². The lowest BCUT2D eigenvalue weighted by Crippen LogP contribution is -2.34. The number of rotatable bonds is 5. The lowest BCUT2D eigenvalue weighted by Gasteiger charge is -2.16. The van der Waals surface area contributed by atoms with Crippen molar-refractivity contribution in [3.8, 4) is 5.75 Å². The quantitative estimate of drug-likeness (QED) is 0.859. The van der Waals surface area contributed by atoms with E-state index in [4.69, 9.17) is 4.74 Å². The van der Waals surface area contributed by atoms with Crippen molar-refractivity contribution in [2.75, 3.05) is 16.8 Å². The Balaban J connectivity index is 1.74. The van der Waals surface area contributed by atoms with Gasteiger partial charge in [-0.25, -0.2) is 4.90 Å². The molecule has 0 unspecified atom stereocenters. The molecule has 1 heterocycles. The number of carbonyl (C=O) groups is 2. The maximum Gasteiger partial charge on any atom is 0.256 e. The van der Waals surface area contributed by atoms with Crippen molar-refractivity contribution in [3.05, 3.63) is 54.1 Å². The van der Waals surface area contributed by atoms with E-state index in [-0.39, 0.29) is 18.2 Å². The second-order valence-electron chi connectivity index (χ2n) is 5.76. The van der Waals surface area contributed by atoms with Crippen molar-refractivity contribution >= 4 is 23.2 Å². The Morgan fingerprint density at radius 1 is 1.17 bits per heavy atom. The summed E-state index contributed by atoms with van der Waals surface area (Å²) in [6.45, 7) is 4.47. The van der Waals surface area contributed by atoms with E-state index in [0.29, 0.717) is 12.3 Å². The van der Waals surface area contributed by atoms with Gasteiger partial charge in [-0.3, -0.25) is 9.59 Å². The molecule has 24 heavy (non-hydrogen) atoms. The first-order valence-corrected chi connectivity index (χ1v) is 8.01. The highest BCUT2D eigenvalue weighted by Gasteiger charge is 2.39. The molecule has 1 atom stereocenters. The Morgan fingerprint density at radius 2 is 1.92 bits per heavy atom. The second-order valence-corrected chi connectivity index (χ2v) is 5.76. The number of nitrogens with one attached hydrogen (secondary N) is 1. The van der Waals surface area contributed by atoms with Crippen LogP contribution in [0.4, 0.5) is 11.4 Å². The van der Waals surface area contributed by atoms with Gasteiger partial charge >= 0.3 is 0 Å². The summed E-state index contributed by atoms with van der Waals surface area (Å²) in [5, 5.41) is 3.14. The van der Waals surface area contributed by atoms with E-state index in [1.807, 2.05) is 56.3 Å². The fraction of sp³-hybridized carbons (Fsp3) is 0.263. The van der Waals surface area contributed by atoms with Crippen LogP contribution in [0.3, 0.4) is 0 Å². The molecule has 0 bridgehead atoms. The van der Waals surface area contributed by atoms with Crippen LogP contribution in [-0.2, 0) is 9.59 Å². The van der Waals surface area contributed by atoms with Gasteiger partial charge in [-0.05, 0) is 55.8 Å². The van der Waals surface area contributed by atoms with Gasteiger partial charge in [0.1, 0.15) is 11.8 Å². The van der Waals surface area contributed by atoms with Crippen LogP contribution in [0.25, 0.3) is 0 Å². The Labute approximate surface area is 141 Å². The Morgan fingerprint density at radius 3 is 2.58 bits per heavy atom. The van der Waals surface area contributed by atoms with E-state index in [2.05, 4.69) is 5.32 Å². The van der Waals surface area contributed by atoms with Gasteiger partial charge in [0.05, 0.1) is 18.7 Å². The fourth-order valence-electron chi connectivity index (χ4n) is 2.80. The lowest BCUT2D eigenvalue weighted by atomic mass is 10.2. The van der Waals surface area contributed by atoms with Crippen LogP contribution in [0.15, 0.2) is 48.5 Å². The molecule has 0 aromatic heterocycles. The van der Waals surface area contributed by atoms with Gasteiger partial charge in [-0.1, -0.05) is 12.1 Å². The Bertz CT molecular complexity index is 755. The predicted molar refractivity (Wildman–Crippen MR) is 93.3 cm³/mol. The molecule has 1 saturated heterocycles. The first kappa shape index (κ1) is 16.1. The number of anilines is 2. The number of hydrogen-bond acceptors (Lipinski definition) is 4. The maximum absolute atomic E-state index is 12.6. The molecule has 0 aliphatic carbocycles. The molecule has 1 fully saturated rings. The van der Waals surface area contributed by atoms with Gasteiger partial charge in [0.15, 0.2) is 0 Å². The molecule has 1 N–H and O–H groups in total.